The molecule has 2 aromatic heterocycles. The fourth-order valence-corrected chi connectivity index (χ4v) is 1.77. The summed E-state index contributed by atoms with van der Waals surface area (Å²) in [7, 11) is 0. The molecule has 0 aliphatic heterocycles. The van der Waals surface area contributed by atoms with Crippen LogP contribution >= 0.6 is 11.6 Å². The Morgan fingerprint density at radius 2 is 2.16 bits per heavy atom. The maximum absolute atomic E-state index is 5.81. The molecule has 19 heavy (non-hydrogen) atoms. The van der Waals surface area contributed by atoms with Gasteiger partial charge in [-0.1, -0.05) is 43.5 Å². The first kappa shape index (κ1) is 13.2. The Bertz CT molecular complexity index is 667. The minimum absolute atomic E-state index is 0.213. The Kier molecular flexibility index (Phi) is 4.26. The molecule has 0 aromatic carbocycles. The summed E-state index contributed by atoms with van der Waals surface area (Å²) in [6.45, 7) is 7.93. The summed E-state index contributed by atoms with van der Waals surface area (Å²) in [5, 5.41) is 5.36. The Morgan fingerprint density at radius 3 is 2.89 bits per heavy atom. The molecule has 0 amide bonds. The van der Waals surface area contributed by atoms with Crippen molar-refractivity contribution in [2.75, 3.05) is 0 Å². The molecule has 0 N–H and O–H groups in total. The maximum atomic E-state index is 5.81. The van der Waals surface area contributed by atoms with E-state index in [2.05, 4.69) is 28.2 Å². The van der Waals surface area contributed by atoms with E-state index in [4.69, 9.17) is 11.6 Å². The minimum atomic E-state index is 0.213. The van der Waals surface area contributed by atoms with Crippen molar-refractivity contribution >= 4 is 22.6 Å². The number of halogens is 1. The lowest BCUT2D eigenvalue weighted by molar-refractivity contribution is 0.703. The van der Waals surface area contributed by atoms with Crippen LogP contribution in [0.1, 0.15) is 0 Å². The fraction of sp³-hybridized carbons (Fsp3) is 0.0714. The number of fused-ring (bicyclic) bond motifs is 1. The molecule has 0 bridgehead atoms. The smallest absolute Gasteiger partial charge is 0.224 e. The van der Waals surface area contributed by atoms with Crippen LogP contribution in [0.3, 0.4) is 0 Å². The van der Waals surface area contributed by atoms with Crippen molar-refractivity contribution in [1.29, 1.82) is 0 Å². The van der Waals surface area contributed by atoms with Gasteiger partial charge in [0.1, 0.15) is 0 Å². The first-order valence-electron chi connectivity index (χ1n) is 5.69. The molecular formula is C14H13ClN4. The van der Waals surface area contributed by atoms with Gasteiger partial charge in [-0.15, -0.1) is 0 Å². The zero-order chi connectivity index (χ0) is 13.7. The molecule has 0 spiro atoms. The SMILES string of the molecule is C=C/C=C\C(=C/C=C)Cn1ncc2cnc(Cl)nc21. The lowest BCUT2D eigenvalue weighted by atomic mass is 10.2. The molecule has 0 fully saturated rings. The zero-order valence-corrected chi connectivity index (χ0v) is 11.1. The highest BCUT2D eigenvalue weighted by Gasteiger charge is 2.06. The van der Waals surface area contributed by atoms with Gasteiger partial charge in [-0.3, -0.25) is 0 Å². The lowest BCUT2D eigenvalue weighted by Crippen LogP contribution is -2.03. The highest BCUT2D eigenvalue weighted by Crippen LogP contribution is 2.14. The van der Waals surface area contributed by atoms with Crippen molar-refractivity contribution in [3.63, 3.8) is 0 Å². The largest absolute Gasteiger partial charge is 0.243 e. The molecule has 0 aliphatic rings. The predicted octanol–water partition coefficient (Wildman–Crippen LogP) is 3.33. The number of allylic oxidation sites excluding steroid dienone is 6. The highest BCUT2D eigenvalue weighted by molar-refractivity contribution is 6.28. The second kappa shape index (κ2) is 6.11. The van der Waals surface area contributed by atoms with Crippen molar-refractivity contribution in [3.05, 3.63) is 66.8 Å². The summed E-state index contributed by atoms with van der Waals surface area (Å²) in [4.78, 5) is 8.12. The van der Waals surface area contributed by atoms with Gasteiger partial charge >= 0.3 is 0 Å². The first-order valence-corrected chi connectivity index (χ1v) is 6.07. The van der Waals surface area contributed by atoms with Crippen molar-refractivity contribution in [2.24, 2.45) is 0 Å². The van der Waals surface area contributed by atoms with E-state index < -0.39 is 0 Å². The van der Waals surface area contributed by atoms with Crippen LogP contribution in [0.4, 0.5) is 0 Å². The average molecular weight is 273 g/mol. The molecule has 0 saturated heterocycles. The summed E-state index contributed by atoms with van der Waals surface area (Å²) in [5.74, 6) is 0. The molecule has 2 heterocycles. The predicted molar refractivity (Wildman–Crippen MR) is 78.0 cm³/mol. The van der Waals surface area contributed by atoms with E-state index in [0.29, 0.717) is 12.2 Å². The second-order valence-corrected chi connectivity index (χ2v) is 4.13. The zero-order valence-electron chi connectivity index (χ0n) is 10.3. The Hall–Kier alpha value is -2.20. The molecule has 2 rings (SSSR count). The third-order valence-electron chi connectivity index (χ3n) is 2.46. The number of aromatic nitrogens is 4. The number of nitrogens with zero attached hydrogens (tertiary/aromatic N) is 4. The van der Waals surface area contributed by atoms with Crippen molar-refractivity contribution in [3.8, 4) is 0 Å². The van der Waals surface area contributed by atoms with Gasteiger partial charge in [0.15, 0.2) is 5.65 Å². The summed E-state index contributed by atoms with van der Waals surface area (Å²) in [6, 6.07) is 0. The van der Waals surface area contributed by atoms with Crippen molar-refractivity contribution in [2.45, 2.75) is 6.54 Å². The van der Waals surface area contributed by atoms with Crippen LogP contribution < -0.4 is 0 Å². The van der Waals surface area contributed by atoms with Gasteiger partial charge in [-0.25, -0.2) is 9.67 Å². The molecule has 4 nitrogen and oxygen atoms in total. The average Bonchev–Trinajstić information content (AvgIpc) is 2.79. The van der Waals surface area contributed by atoms with Crippen LogP contribution in [-0.4, -0.2) is 19.7 Å². The van der Waals surface area contributed by atoms with Gasteiger partial charge in [0.25, 0.3) is 0 Å². The standard InChI is InChI=1S/C14H13ClN4/c1-3-5-7-11(6-4-2)10-19-13-12(9-17-19)8-16-14(15)18-13/h3-9H,1-2,10H2/b7-5-,11-6+. The Balaban J connectivity index is 2.36. The lowest BCUT2D eigenvalue weighted by Gasteiger charge is -2.03. The van der Waals surface area contributed by atoms with Crippen molar-refractivity contribution in [1.82, 2.24) is 19.7 Å². The molecule has 5 heteroatoms. The van der Waals surface area contributed by atoms with Gasteiger partial charge < -0.3 is 0 Å². The van der Waals surface area contributed by atoms with E-state index in [-0.39, 0.29) is 5.28 Å². The molecule has 2 aromatic rings. The molecule has 0 unspecified atom stereocenters. The van der Waals surface area contributed by atoms with Crippen LogP contribution in [0, 0.1) is 0 Å². The van der Waals surface area contributed by atoms with E-state index in [0.717, 1.165) is 11.0 Å². The first-order chi connectivity index (χ1) is 9.24. The normalized spacial score (nSPS) is 12.2. The monoisotopic (exact) mass is 272 g/mol. The number of rotatable bonds is 5. The van der Waals surface area contributed by atoms with E-state index in [1.807, 2.05) is 18.2 Å². The highest BCUT2D eigenvalue weighted by atomic mass is 35.5. The third-order valence-corrected chi connectivity index (χ3v) is 2.64. The van der Waals surface area contributed by atoms with E-state index in [1.54, 1.807) is 29.2 Å². The summed E-state index contributed by atoms with van der Waals surface area (Å²) in [6.07, 6.45) is 12.6. The van der Waals surface area contributed by atoms with E-state index in [1.165, 1.54) is 0 Å². The minimum Gasteiger partial charge on any atom is -0.243 e. The van der Waals surface area contributed by atoms with Gasteiger partial charge in [0.2, 0.25) is 5.28 Å². The topological polar surface area (TPSA) is 43.6 Å². The van der Waals surface area contributed by atoms with E-state index in [9.17, 15) is 0 Å². The van der Waals surface area contributed by atoms with Gasteiger partial charge in [-0.05, 0) is 17.2 Å². The molecule has 0 saturated carbocycles. The molecule has 0 aliphatic carbocycles. The Morgan fingerprint density at radius 1 is 1.32 bits per heavy atom. The van der Waals surface area contributed by atoms with Crippen LogP contribution in [0.15, 0.2) is 61.5 Å². The molecule has 0 atom stereocenters. The van der Waals surface area contributed by atoms with Crippen LogP contribution in [0.2, 0.25) is 5.28 Å². The third kappa shape index (κ3) is 3.17. The molecule has 96 valence electrons. The molecule has 0 radical (unpaired) electrons. The fourth-order valence-electron chi connectivity index (χ4n) is 1.64. The number of hydrogen-bond donors (Lipinski definition) is 0. The van der Waals surface area contributed by atoms with E-state index >= 15 is 0 Å². The molecular weight excluding hydrogens is 260 g/mol. The summed E-state index contributed by atoms with van der Waals surface area (Å²) < 4.78 is 1.77. The number of hydrogen-bond acceptors (Lipinski definition) is 3. The van der Waals surface area contributed by atoms with Crippen LogP contribution in [0.25, 0.3) is 11.0 Å². The van der Waals surface area contributed by atoms with Gasteiger partial charge in [0.05, 0.1) is 18.1 Å². The van der Waals surface area contributed by atoms with Crippen LogP contribution in [0.5, 0.6) is 0 Å². The van der Waals surface area contributed by atoms with Crippen molar-refractivity contribution < 1.29 is 0 Å². The quantitative estimate of drug-likeness (QED) is 0.619. The second-order valence-electron chi connectivity index (χ2n) is 3.79. The van der Waals surface area contributed by atoms with Gasteiger partial charge in [0, 0.05) is 6.20 Å². The van der Waals surface area contributed by atoms with Crippen LogP contribution in [-0.2, 0) is 6.54 Å². The summed E-state index contributed by atoms with van der Waals surface area (Å²) in [5.41, 5.74) is 1.75. The summed E-state index contributed by atoms with van der Waals surface area (Å²) >= 11 is 5.81. The van der Waals surface area contributed by atoms with Gasteiger partial charge in [-0.2, -0.15) is 10.1 Å². The maximum Gasteiger partial charge on any atom is 0.224 e. The Labute approximate surface area is 116 Å².